The largest absolute Gasteiger partial charge is 0.395 e. The molecule has 188 valence electrons. The number of rotatable bonds is 7. The molecule has 0 aliphatic carbocycles. The summed E-state index contributed by atoms with van der Waals surface area (Å²) < 4.78 is 1.59. The monoisotopic (exact) mass is 548 g/mol. The summed E-state index contributed by atoms with van der Waals surface area (Å²) in [6, 6.07) is 9.78. The minimum Gasteiger partial charge on any atom is -0.395 e. The number of carbonyl (C=O) groups is 1. The van der Waals surface area contributed by atoms with E-state index in [-0.39, 0.29) is 25.5 Å². The number of fused-ring (bicyclic) bond motifs is 1. The molecular formula is C24H23Cl3N6O3. The molecule has 2 aliphatic rings. The maximum Gasteiger partial charge on any atom is 0.319 e. The molecule has 2 aromatic rings. The van der Waals surface area contributed by atoms with Gasteiger partial charge in [0.05, 0.1) is 22.3 Å². The number of aliphatic hydroxyl groups excluding tert-OH is 1. The van der Waals surface area contributed by atoms with Gasteiger partial charge >= 0.3 is 6.03 Å². The van der Waals surface area contributed by atoms with Crippen LogP contribution in [0.2, 0.25) is 15.1 Å². The van der Waals surface area contributed by atoms with Gasteiger partial charge in [0.2, 0.25) is 0 Å². The van der Waals surface area contributed by atoms with Crippen molar-refractivity contribution in [1.29, 1.82) is 0 Å². The second kappa shape index (κ2) is 10.9. The molecule has 2 amide bonds. The van der Waals surface area contributed by atoms with Crippen molar-refractivity contribution in [1.82, 2.24) is 25.1 Å². The molecule has 0 atom stereocenters. The average Bonchev–Trinajstić information content (AvgIpc) is 3.18. The van der Waals surface area contributed by atoms with Gasteiger partial charge in [-0.1, -0.05) is 60.8 Å². The first kappa shape index (κ1) is 26.0. The number of aromatic nitrogens is 4. The molecule has 0 saturated carbocycles. The van der Waals surface area contributed by atoms with E-state index in [2.05, 4.69) is 25.7 Å². The highest BCUT2D eigenvalue weighted by molar-refractivity contribution is 6.40. The normalized spacial score (nSPS) is 11.3. The number of aromatic amines is 1. The Morgan fingerprint density at radius 1 is 1.11 bits per heavy atom. The van der Waals surface area contributed by atoms with E-state index in [1.54, 1.807) is 41.1 Å². The number of carbonyl (C=O) groups excluding carboxylic acids is 1. The summed E-state index contributed by atoms with van der Waals surface area (Å²) in [6.45, 7) is 3.92. The van der Waals surface area contributed by atoms with Crippen LogP contribution < -0.4 is 16.2 Å². The summed E-state index contributed by atoms with van der Waals surface area (Å²) in [5, 5.41) is 18.2. The number of urea groups is 1. The first-order valence-electron chi connectivity index (χ1n) is 11.1. The highest BCUT2D eigenvalue weighted by Crippen LogP contribution is 2.36. The van der Waals surface area contributed by atoms with Crippen LogP contribution in [0.25, 0.3) is 17.1 Å². The van der Waals surface area contributed by atoms with Crippen molar-refractivity contribution < 1.29 is 9.90 Å². The van der Waals surface area contributed by atoms with Gasteiger partial charge in [0.15, 0.2) is 5.82 Å². The van der Waals surface area contributed by atoms with Gasteiger partial charge in [0, 0.05) is 23.7 Å². The minimum absolute atomic E-state index is 0.0182. The van der Waals surface area contributed by atoms with E-state index in [1.807, 2.05) is 13.8 Å². The summed E-state index contributed by atoms with van der Waals surface area (Å²) >= 11 is 19.0. The Morgan fingerprint density at radius 2 is 1.78 bits per heavy atom. The van der Waals surface area contributed by atoms with E-state index < -0.39 is 11.6 Å². The fraction of sp³-hybridized carbons (Fsp3) is 0.250. The number of benzene rings is 2. The predicted molar refractivity (Wildman–Crippen MR) is 141 cm³/mol. The van der Waals surface area contributed by atoms with Crippen molar-refractivity contribution in [2.75, 3.05) is 18.5 Å². The Labute approximate surface area is 221 Å². The number of anilines is 1. The van der Waals surface area contributed by atoms with Gasteiger partial charge < -0.3 is 15.7 Å². The molecule has 2 aliphatic heterocycles. The third-order valence-corrected chi connectivity index (χ3v) is 6.16. The third kappa shape index (κ3) is 5.49. The van der Waals surface area contributed by atoms with Crippen molar-refractivity contribution in [2.24, 2.45) is 0 Å². The van der Waals surface area contributed by atoms with Crippen LogP contribution in [0.5, 0.6) is 0 Å². The topological polar surface area (TPSA) is 125 Å². The lowest BCUT2D eigenvalue weighted by Gasteiger charge is -2.12. The van der Waals surface area contributed by atoms with E-state index in [1.165, 1.54) is 0 Å². The Balaban J connectivity index is 1.70. The first-order chi connectivity index (χ1) is 17.2. The maximum atomic E-state index is 13.1. The fourth-order valence-corrected chi connectivity index (χ4v) is 4.72. The molecule has 2 aromatic carbocycles. The number of amides is 2. The standard InChI is InChI=1S/C24H23Cl3N6O3/c1-12(2)20-19-22(33(32-20)21-16(26)10-14(25)11-17(21)27)30-18(31-23(19)35)9-13-3-5-15(6-4-13)29-24(36)28-7-8-34/h3-6,10-12,32,34H,7-9H2,1-2H3,(H2,28,29,36). The number of H-pyrrole nitrogens is 1. The van der Waals surface area contributed by atoms with Crippen LogP contribution in [0.1, 0.15) is 36.8 Å². The third-order valence-electron chi connectivity index (χ3n) is 5.37. The van der Waals surface area contributed by atoms with Gasteiger partial charge in [-0.05, 0) is 35.7 Å². The molecular weight excluding hydrogens is 527 g/mol. The van der Waals surface area contributed by atoms with Gasteiger partial charge in [0.25, 0.3) is 5.56 Å². The molecule has 0 saturated heterocycles. The summed E-state index contributed by atoms with van der Waals surface area (Å²) in [5.74, 6) is 0.659. The zero-order valence-electron chi connectivity index (χ0n) is 19.4. The highest BCUT2D eigenvalue weighted by atomic mass is 35.5. The van der Waals surface area contributed by atoms with Gasteiger partial charge in [-0.25, -0.2) is 14.5 Å². The minimum atomic E-state index is -0.418. The first-order valence-corrected chi connectivity index (χ1v) is 12.2. The Hall–Kier alpha value is -3.11. The number of halogens is 3. The van der Waals surface area contributed by atoms with E-state index in [0.717, 1.165) is 5.56 Å². The smallest absolute Gasteiger partial charge is 0.319 e. The molecule has 36 heavy (non-hydrogen) atoms. The molecule has 4 rings (SSSR count). The van der Waals surface area contributed by atoms with Crippen molar-refractivity contribution >= 4 is 46.5 Å². The molecule has 0 unspecified atom stereocenters. The van der Waals surface area contributed by atoms with Gasteiger partial charge in [-0.2, -0.15) is 4.98 Å². The van der Waals surface area contributed by atoms with Crippen LogP contribution in [0.4, 0.5) is 10.5 Å². The van der Waals surface area contributed by atoms with Crippen molar-refractivity contribution in [3.05, 3.63) is 78.9 Å². The number of aliphatic hydroxyl groups is 1. The molecule has 0 aromatic heterocycles. The zero-order valence-corrected chi connectivity index (χ0v) is 21.7. The van der Waals surface area contributed by atoms with Crippen molar-refractivity contribution in [2.45, 2.75) is 26.2 Å². The summed E-state index contributed by atoms with van der Waals surface area (Å²) in [5.41, 5.74) is 2.46. The molecule has 0 bridgehead atoms. The van der Waals surface area contributed by atoms with E-state index in [9.17, 15) is 9.59 Å². The van der Waals surface area contributed by atoms with E-state index in [4.69, 9.17) is 39.9 Å². The molecule has 0 fully saturated rings. The number of hydrogen-bond donors (Lipinski definition) is 4. The Morgan fingerprint density at radius 3 is 2.39 bits per heavy atom. The van der Waals surface area contributed by atoms with Crippen LogP contribution >= 0.6 is 34.8 Å². The van der Waals surface area contributed by atoms with Crippen LogP contribution in [-0.2, 0) is 6.42 Å². The highest BCUT2D eigenvalue weighted by Gasteiger charge is 2.27. The zero-order chi connectivity index (χ0) is 26.0. The fourth-order valence-electron chi connectivity index (χ4n) is 3.74. The molecule has 9 nitrogen and oxygen atoms in total. The number of nitrogens with zero attached hydrogens (tertiary/aromatic N) is 3. The lowest BCUT2D eigenvalue weighted by molar-refractivity contribution is 0.245. The second-order valence-electron chi connectivity index (χ2n) is 8.36. The van der Waals surface area contributed by atoms with Crippen LogP contribution in [0.15, 0.2) is 41.2 Å². The van der Waals surface area contributed by atoms with Crippen molar-refractivity contribution in [3.63, 3.8) is 0 Å². The van der Waals surface area contributed by atoms with Crippen molar-refractivity contribution in [3.8, 4) is 17.1 Å². The summed E-state index contributed by atoms with van der Waals surface area (Å²) in [4.78, 5) is 33.8. The van der Waals surface area contributed by atoms with Gasteiger partial charge in [-0.15, -0.1) is 0 Å². The number of nitrogens with one attached hydrogen (secondary N) is 3. The second-order valence-corrected chi connectivity index (χ2v) is 9.61. The maximum absolute atomic E-state index is 13.1. The van der Waals surface area contributed by atoms with E-state index in [0.29, 0.717) is 49.3 Å². The Bertz CT molecular complexity index is 1410. The molecule has 0 radical (unpaired) electrons. The molecule has 0 spiro atoms. The molecule has 2 heterocycles. The van der Waals surface area contributed by atoms with Gasteiger partial charge in [0.1, 0.15) is 17.1 Å². The lowest BCUT2D eigenvalue weighted by Crippen LogP contribution is -2.30. The van der Waals surface area contributed by atoms with E-state index >= 15 is 0 Å². The molecule has 4 N–H and O–H groups in total. The SMILES string of the molecule is CC(C)c1[nH]n(-c2c(Cl)cc(Cl)cc2Cl)c2nc(Cc3ccc(NC(=O)NCCO)cc3)nc(=O)c1-2. The number of hydrogen-bond acceptors (Lipinski definition) is 5. The lowest BCUT2D eigenvalue weighted by atomic mass is 10.1. The molecule has 12 heteroatoms. The summed E-state index contributed by atoms with van der Waals surface area (Å²) in [7, 11) is 0. The van der Waals surface area contributed by atoms with Crippen LogP contribution in [-0.4, -0.2) is 44.0 Å². The van der Waals surface area contributed by atoms with Gasteiger partial charge in [-0.3, -0.25) is 9.89 Å². The predicted octanol–water partition coefficient (Wildman–Crippen LogP) is 4.85. The Kier molecular flexibility index (Phi) is 7.85. The van der Waals surface area contributed by atoms with Crippen LogP contribution in [0.3, 0.4) is 0 Å². The summed E-state index contributed by atoms with van der Waals surface area (Å²) in [6.07, 6.45) is 0.284. The average molecular weight is 550 g/mol. The van der Waals surface area contributed by atoms with Crippen LogP contribution in [0, 0.1) is 0 Å². The quantitative estimate of drug-likeness (QED) is 0.262.